The first-order chi connectivity index (χ1) is 15.6. The number of thiophene rings is 1. The molecule has 8 nitrogen and oxygen atoms in total. The van der Waals surface area contributed by atoms with Crippen molar-refractivity contribution < 1.29 is 9.32 Å². The van der Waals surface area contributed by atoms with Gasteiger partial charge in [-0.25, -0.2) is 14.6 Å². The zero-order valence-corrected chi connectivity index (χ0v) is 17.8. The maximum atomic E-state index is 13.5. The van der Waals surface area contributed by atoms with Gasteiger partial charge in [0.1, 0.15) is 16.3 Å². The Labute approximate surface area is 185 Å². The zero-order valence-electron chi connectivity index (χ0n) is 17.0. The fourth-order valence-electron chi connectivity index (χ4n) is 3.84. The van der Waals surface area contributed by atoms with Crippen molar-refractivity contribution in [1.29, 1.82) is 0 Å². The van der Waals surface area contributed by atoms with Crippen molar-refractivity contribution in [2.45, 2.75) is 25.7 Å². The lowest BCUT2D eigenvalue weighted by Gasteiger charge is -2.12. The first-order valence-electron chi connectivity index (χ1n) is 10.2. The Kier molecular flexibility index (Phi) is 4.19. The smallest absolute Gasteiger partial charge is 0.281 e. The molecule has 5 aromatic rings. The van der Waals surface area contributed by atoms with E-state index in [2.05, 4.69) is 20.6 Å². The third-order valence-corrected chi connectivity index (χ3v) is 6.44. The van der Waals surface area contributed by atoms with E-state index >= 15 is 0 Å². The summed E-state index contributed by atoms with van der Waals surface area (Å²) in [6, 6.07) is 13.0. The monoisotopic (exact) mass is 443 g/mol. The Balaban J connectivity index is 1.51. The molecular weight excluding hydrogens is 426 g/mol. The average Bonchev–Trinajstić information content (AvgIpc) is 3.40. The lowest BCUT2D eigenvalue weighted by atomic mass is 10.0. The molecule has 0 saturated heterocycles. The number of hydrogen-bond donors (Lipinski definition) is 1. The number of fused-ring (bicyclic) bond motifs is 2. The van der Waals surface area contributed by atoms with Crippen LogP contribution in [0, 0.1) is 6.92 Å². The highest BCUT2D eigenvalue weighted by atomic mass is 32.1. The van der Waals surface area contributed by atoms with Crippen molar-refractivity contribution in [3.8, 4) is 11.3 Å². The maximum absolute atomic E-state index is 13.5. The predicted octanol–water partition coefficient (Wildman–Crippen LogP) is 4.23. The third kappa shape index (κ3) is 3.01. The van der Waals surface area contributed by atoms with Crippen LogP contribution in [0.25, 0.3) is 32.6 Å². The number of amides is 1. The Morgan fingerprint density at radius 3 is 2.78 bits per heavy atom. The number of carbonyl (C=O) groups is 1. The van der Waals surface area contributed by atoms with Gasteiger partial charge in [-0.3, -0.25) is 15.0 Å². The topological polar surface area (TPSA) is 103 Å². The van der Waals surface area contributed by atoms with Gasteiger partial charge in [-0.2, -0.15) is 0 Å². The maximum Gasteiger partial charge on any atom is 0.281 e. The van der Waals surface area contributed by atoms with Crippen LogP contribution >= 0.6 is 11.3 Å². The van der Waals surface area contributed by atoms with E-state index in [1.807, 2.05) is 35.7 Å². The molecule has 1 saturated carbocycles. The highest BCUT2D eigenvalue weighted by molar-refractivity contribution is 7.16. The third-order valence-electron chi connectivity index (χ3n) is 5.63. The summed E-state index contributed by atoms with van der Waals surface area (Å²) < 4.78 is 6.73. The van der Waals surface area contributed by atoms with Crippen molar-refractivity contribution in [3.63, 3.8) is 0 Å². The van der Waals surface area contributed by atoms with E-state index in [0.717, 1.165) is 24.1 Å². The minimum absolute atomic E-state index is 0.310. The van der Waals surface area contributed by atoms with E-state index in [4.69, 9.17) is 4.52 Å². The lowest BCUT2D eigenvalue weighted by Crippen LogP contribution is -2.35. The van der Waals surface area contributed by atoms with E-state index in [0.29, 0.717) is 44.3 Å². The standard InChI is InChI=1S/C23H17N5O3S/c1-12-24-22-15(9-10-32-22)23(30)28(12)26-20(29)16-11-17(13-7-8-13)25-21-18(16)19(27-31-21)14-5-3-2-4-6-14/h2-6,9-11,13H,7-8H2,1H3,(H,26,29). The lowest BCUT2D eigenvalue weighted by molar-refractivity contribution is 0.101. The van der Waals surface area contributed by atoms with Crippen LogP contribution in [-0.4, -0.2) is 25.7 Å². The summed E-state index contributed by atoms with van der Waals surface area (Å²) in [7, 11) is 0. The van der Waals surface area contributed by atoms with Gasteiger partial charge in [0.05, 0.1) is 16.3 Å². The van der Waals surface area contributed by atoms with E-state index in [1.54, 1.807) is 19.1 Å². The fourth-order valence-corrected chi connectivity index (χ4v) is 4.64. The number of pyridine rings is 1. The summed E-state index contributed by atoms with van der Waals surface area (Å²) in [6.07, 6.45) is 2.05. The molecule has 1 aliphatic rings. The average molecular weight is 443 g/mol. The van der Waals surface area contributed by atoms with Gasteiger partial charge in [0.15, 0.2) is 0 Å². The molecule has 1 N–H and O–H groups in total. The summed E-state index contributed by atoms with van der Waals surface area (Å²) in [6.45, 7) is 1.69. The normalized spacial score (nSPS) is 13.7. The number of hydrogen-bond acceptors (Lipinski definition) is 7. The highest BCUT2D eigenvalue weighted by Crippen LogP contribution is 2.41. The van der Waals surface area contributed by atoms with Gasteiger partial charge in [-0.1, -0.05) is 35.5 Å². The molecule has 32 heavy (non-hydrogen) atoms. The van der Waals surface area contributed by atoms with Crippen LogP contribution in [0.1, 0.15) is 40.6 Å². The van der Waals surface area contributed by atoms with Crippen LogP contribution in [0.2, 0.25) is 0 Å². The minimum Gasteiger partial charge on any atom is -0.335 e. The quantitative estimate of drug-likeness (QED) is 0.446. The molecule has 158 valence electrons. The molecule has 4 heterocycles. The summed E-state index contributed by atoms with van der Waals surface area (Å²) in [5.41, 5.74) is 5.25. The number of nitrogens with one attached hydrogen (secondary N) is 1. The SMILES string of the molecule is Cc1nc2sccc2c(=O)n1NC(=O)c1cc(C2CC2)nc2onc(-c3ccccc3)c12. The van der Waals surface area contributed by atoms with Crippen molar-refractivity contribution in [2.75, 3.05) is 5.43 Å². The second kappa shape index (κ2) is 7.10. The van der Waals surface area contributed by atoms with E-state index < -0.39 is 5.91 Å². The summed E-state index contributed by atoms with van der Waals surface area (Å²) >= 11 is 1.39. The van der Waals surface area contributed by atoms with Gasteiger partial charge in [0.2, 0.25) is 0 Å². The van der Waals surface area contributed by atoms with Crippen LogP contribution < -0.4 is 11.0 Å². The largest absolute Gasteiger partial charge is 0.335 e. The van der Waals surface area contributed by atoms with Gasteiger partial charge in [-0.05, 0) is 37.3 Å². The predicted molar refractivity (Wildman–Crippen MR) is 122 cm³/mol. The molecule has 0 radical (unpaired) electrons. The highest BCUT2D eigenvalue weighted by Gasteiger charge is 2.29. The second-order valence-electron chi connectivity index (χ2n) is 7.83. The van der Waals surface area contributed by atoms with Crippen LogP contribution in [0.15, 0.2) is 57.2 Å². The van der Waals surface area contributed by atoms with Gasteiger partial charge < -0.3 is 4.52 Å². The van der Waals surface area contributed by atoms with Crippen molar-refractivity contribution in [2.24, 2.45) is 0 Å². The molecule has 4 aromatic heterocycles. The molecule has 1 aromatic carbocycles. The van der Waals surface area contributed by atoms with Crippen LogP contribution in [0.4, 0.5) is 0 Å². The Morgan fingerprint density at radius 2 is 2.00 bits per heavy atom. The molecule has 1 amide bonds. The van der Waals surface area contributed by atoms with Crippen molar-refractivity contribution in [1.82, 2.24) is 19.8 Å². The molecular formula is C23H17N5O3S. The van der Waals surface area contributed by atoms with Gasteiger partial charge in [0, 0.05) is 17.2 Å². The first kappa shape index (κ1) is 18.9. The van der Waals surface area contributed by atoms with E-state index in [1.165, 1.54) is 16.0 Å². The summed E-state index contributed by atoms with van der Waals surface area (Å²) in [5.74, 6) is 0.269. The van der Waals surface area contributed by atoms with Crippen LogP contribution in [-0.2, 0) is 0 Å². The summed E-state index contributed by atoms with van der Waals surface area (Å²) in [5, 5.41) is 7.01. The fraction of sp³-hybridized carbons (Fsp3) is 0.174. The molecule has 0 spiro atoms. The Morgan fingerprint density at radius 1 is 1.19 bits per heavy atom. The number of aryl methyl sites for hydroxylation is 1. The minimum atomic E-state index is -0.443. The number of rotatable bonds is 4. The zero-order chi connectivity index (χ0) is 21.8. The molecule has 0 aliphatic heterocycles. The molecule has 0 unspecified atom stereocenters. The number of benzene rings is 1. The van der Waals surface area contributed by atoms with Gasteiger partial charge in [-0.15, -0.1) is 11.3 Å². The second-order valence-corrected chi connectivity index (χ2v) is 8.72. The first-order valence-corrected chi connectivity index (χ1v) is 11.1. The molecule has 9 heteroatoms. The Hall–Kier alpha value is -3.85. The molecule has 0 atom stereocenters. The summed E-state index contributed by atoms with van der Waals surface area (Å²) in [4.78, 5) is 36.1. The molecule has 1 fully saturated rings. The number of nitrogens with zero attached hydrogens (tertiary/aromatic N) is 4. The van der Waals surface area contributed by atoms with Gasteiger partial charge >= 0.3 is 0 Å². The van der Waals surface area contributed by atoms with Crippen LogP contribution in [0.5, 0.6) is 0 Å². The van der Waals surface area contributed by atoms with Gasteiger partial charge in [0.25, 0.3) is 17.2 Å². The van der Waals surface area contributed by atoms with Crippen molar-refractivity contribution in [3.05, 3.63) is 75.3 Å². The van der Waals surface area contributed by atoms with E-state index in [9.17, 15) is 9.59 Å². The molecule has 0 bridgehead atoms. The molecule has 1 aliphatic carbocycles. The Bertz CT molecular complexity index is 1560. The number of aromatic nitrogens is 4. The van der Waals surface area contributed by atoms with Crippen molar-refractivity contribution >= 4 is 38.6 Å². The van der Waals surface area contributed by atoms with E-state index in [-0.39, 0.29) is 5.56 Å². The van der Waals surface area contributed by atoms with Crippen LogP contribution in [0.3, 0.4) is 0 Å². The molecule has 6 rings (SSSR count). The number of carbonyl (C=O) groups excluding carboxylic acids is 1.